The monoisotopic (exact) mass is 476 g/mol. The minimum absolute atomic E-state index is 0.383. The molecule has 0 amide bonds. The van der Waals surface area contributed by atoms with E-state index in [1.807, 2.05) is 37.2 Å². The SMILES string of the molecule is CN(C)c1nc(NC2CCC(NC(=S)NCCCCc3ccccc3)CC2)nc2ccccc12. The van der Waals surface area contributed by atoms with Crippen LogP contribution in [0.25, 0.3) is 10.9 Å². The number of hydrogen-bond donors (Lipinski definition) is 3. The minimum atomic E-state index is 0.383. The summed E-state index contributed by atoms with van der Waals surface area (Å²) in [6.45, 7) is 0.920. The van der Waals surface area contributed by atoms with Gasteiger partial charge >= 0.3 is 0 Å². The van der Waals surface area contributed by atoms with Crippen LogP contribution >= 0.6 is 12.2 Å². The van der Waals surface area contributed by atoms with Crippen LogP contribution in [0.1, 0.15) is 44.1 Å². The zero-order valence-corrected chi connectivity index (χ0v) is 21.1. The van der Waals surface area contributed by atoms with Gasteiger partial charge in [0, 0.05) is 38.1 Å². The van der Waals surface area contributed by atoms with E-state index in [1.54, 1.807) is 0 Å². The second-order valence-corrected chi connectivity index (χ2v) is 9.73. The van der Waals surface area contributed by atoms with Crippen molar-refractivity contribution in [3.63, 3.8) is 0 Å². The Kier molecular flexibility index (Phi) is 8.52. The third kappa shape index (κ3) is 6.79. The van der Waals surface area contributed by atoms with E-state index < -0.39 is 0 Å². The number of nitrogens with one attached hydrogen (secondary N) is 3. The van der Waals surface area contributed by atoms with E-state index >= 15 is 0 Å². The van der Waals surface area contributed by atoms with Gasteiger partial charge in [-0.15, -0.1) is 0 Å². The van der Waals surface area contributed by atoms with Crippen LogP contribution in [0.3, 0.4) is 0 Å². The Hall–Kier alpha value is -2.93. The van der Waals surface area contributed by atoms with Gasteiger partial charge in [-0.05, 0) is 74.9 Å². The minimum Gasteiger partial charge on any atom is -0.363 e. The molecular formula is C27H36N6S. The molecule has 0 radical (unpaired) electrons. The summed E-state index contributed by atoms with van der Waals surface area (Å²) < 4.78 is 0. The first kappa shape index (κ1) is 24.2. The number of hydrogen-bond acceptors (Lipinski definition) is 5. The molecule has 1 fully saturated rings. The lowest BCUT2D eigenvalue weighted by Gasteiger charge is -2.30. The van der Waals surface area contributed by atoms with Crippen LogP contribution in [-0.2, 0) is 6.42 Å². The van der Waals surface area contributed by atoms with Crippen molar-refractivity contribution in [3.05, 3.63) is 60.2 Å². The average molecular weight is 477 g/mol. The summed E-state index contributed by atoms with van der Waals surface area (Å²) in [5.41, 5.74) is 2.37. The molecule has 1 aliphatic carbocycles. The highest BCUT2D eigenvalue weighted by Gasteiger charge is 2.22. The van der Waals surface area contributed by atoms with Crippen LogP contribution in [0.15, 0.2) is 54.6 Å². The molecule has 180 valence electrons. The van der Waals surface area contributed by atoms with E-state index in [1.165, 1.54) is 12.0 Å². The second kappa shape index (κ2) is 12.0. The Morgan fingerprint density at radius 1 is 0.912 bits per heavy atom. The number of aryl methyl sites for hydroxylation is 1. The largest absolute Gasteiger partial charge is 0.363 e. The van der Waals surface area contributed by atoms with Gasteiger partial charge in [0.1, 0.15) is 5.82 Å². The number of rotatable bonds is 9. The summed E-state index contributed by atoms with van der Waals surface area (Å²) in [7, 11) is 4.05. The first-order valence-corrected chi connectivity index (χ1v) is 12.8. The van der Waals surface area contributed by atoms with Crippen LogP contribution in [0.4, 0.5) is 11.8 Å². The summed E-state index contributed by atoms with van der Waals surface area (Å²) in [4.78, 5) is 11.6. The highest BCUT2D eigenvalue weighted by molar-refractivity contribution is 7.80. The van der Waals surface area contributed by atoms with Gasteiger partial charge in [-0.3, -0.25) is 0 Å². The Labute approximate surface area is 208 Å². The van der Waals surface area contributed by atoms with E-state index in [9.17, 15) is 0 Å². The number of benzene rings is 2. The number of nitrogens with zero attached hydrogens (tertiary/aromatic N) is 3. The van der Waals surface area contributed by atoms with Crippen molar-refractivity contribution in [1.29, 1.82) is 0 Å². The van der Waals surface area contributed by atoms with Crippen molar-refractivity contribution < 1.29 is 0 Å². The van der Waals surface area contributed by atoms with Crippen LogP contribution < -0.4 is 20.9 Å². The Bertz CT molecular complexity index is 1060. The average Bonchev–Trinajstić information content (AvgIpc) is 2.85. The fraction of sp³-hybridized carbons (Fsp3) is 0.444. The quantitative estimate of drug-likeness (QED) is 0.300. The predicted molar refractivity (Wildman–Crippen MR) is 147 cm³/mol. The van der Waals surface area contributed by atoms with Crippen molar-refractivity contribution in [1.82, 2.24) is 20.6 Å². The van der Waals surface area contributed by atoms with E-state index in [2.05, 4.69) is 52.3 Å². The Morgan fingerprint density at radius 3 is 2.38 bits per heavy atom. The molecule has 1 aliphatic rings. The molecule has 1 saturated carbocycles. The zero-order valence-electron chi connectivity index (χ0n) is 20.3. The molecule has 0 unspecified atom stereocenters. The zero-order chi connectivity index (χ0) is 23.8. The molecule has 0 bridgehead atoms. The number of para-hydroxylation sites is 1. The van der Waals surface area contributed by atoms with Crippen LogP contribution in [0, 0.1) is 0 Å². The molecule has 6 nitrogen and oxygen atoms in total. The van der Waals surface area contributed by atoms with Crippen molar-refractivity contribution >= 4 is 40.0 Å². The van der Waals surface area contributed by atoms with Crippen molar-refractivity contribution in [3.8, 4) is 0 Å². The lowest BCUT2D eigenvalue weighted by atomic mass is 9.91. The molecule has 34 heavy (non-hydrogen) atoms. The number of thiocarbonyl (C=S) groups is 1. The number of unbranched alkanes of at least 4 members (excludes halogenated alkanes) is 1. The Morgan fingerprint density at radius 2 is 1.62 bits per heavy atom. The molecular weight excluding hydrogens is 440 g/mol. The van der Waals surface area contributed by atoms with E-state index in [0.29, 0.717) is 18.0 Å². The highest BCUT2D eigenvalue weighted by atomic mass is 32.1. The molecule has 0 saturated heterocycles. The van der Waals surface area contributed by atoms with Crippen LogP contribution in [0.5, 0.6) is 0 Å². The smallest absolute Gasteiger partial charge is 0.225 e. The molecule has 3 aromatic rings. The molecule has 0 atom stereocenters. The summed E-state index contributed by atoms with van der Waals surface area (Å²) in [6.07, 6.45) is 7.73. The lowest BCUT2D eigenvalue weighted by molar-refractivity contribution is 0.385. The maximum absolute atomic E-state index is 5.53. The molecule has 1 aromatic heterocycles. The maximum atomic E-state index is 5.53. The van der Waals surface area contributed by atoms with Gasteiger partial charge in [-0.2, -0.15) is 4.98 Å². The van der Waals surface area contributed by atoms with Gasteiger partial charge in [0.2, 0.25) is 5.95 Å². The summed E-state index contributed by atoms with van der Waals surface area (Å²) >= 11 is 5.53. The van der Waals surface area contributed by atoms with E-state index in [-0.39, 0.29) is 0 Å². The lowest BCUT2D eigenvalue weighted by Crippen LogP contribution is -2.45. The van der Waals surface area contributed by atoms with Gasteiger partial charge in [-0.25, -0.2) is 4.98 Å². The van der Waals surface area contributed by atoms with Gasteiger partial charge in [0.25, 0.3) is 0 Å². The molecule has 1 heterocycles. The topological polar surface area (TPSA) is 65.1 Å². The molecule has 0 spiro atoms. The second-order valence-electron chi connectivity index (χ2n) is 9.32. The van der Waals surface area contributed by atoms with Crippen LogP contribution in [-0.4, -0.2) is 47.8 Å². The van der Waals surface area contributed by atoms with Crippen LogP contribution in [0.2, 0.25) is 0 Å². The molecule has 4 rings (SSSR count). The van der Waals surface area contributed by atoms with Crippen molar-refractivity contribution in [2.24, 2.45) is 0 Å². The fourth-order valence-electron chi connectivity index (χ4n) is 4.57. The normalized spacial score (nSPS) is 17.8. The Balaban J connectivity index is 1.18. The summed E-state index contributed by atoms with van der Waals surface area (Å²) in [5, 5.41) is 12.3. The number of fused-ring (bicyclic) bond motifs is 1. The predicted octanol–water partition coefficient (Wildman–Crippen LogP) is 4.91. The molecule has 7 heteroatoms. The standard InChI is InChI=1S/C27H36N6S/c1-33(2)25-23-13-6-7-14-24(23)31-26(32-25)29-21-15-17-22(18-16-21)30-27(34)28-19-9-8-12-20-10-4-3-5-11-20/h3-7,10-11,13-14,21-22H,8-9,12,15-19H2,1-2H3,(H2,28,30,34)(H,29,31,32). The summed E-state index contributed by atoms with van der Waals surface area (Å²) in [6, 6.07) is 19.6. The van der Waals surface area contributed by atoms with E-state index in [0.717, 1.165) is 66.9 Å². The van der Waals surface area contributed by atoms with Crippen molar-refractivity contribution in [2.75, 3.05) is 30.9 Å². The summed E-state index contributed by atoms with van der Waals surface area (Å²) in [5.74, 6) is 1.66. The first-order chi connectivity index (χ1) is 16.6. The van der Waals surface area contributed by atoms with Gasteiger partial charge < -0.3 is 20.9 Å². The highest BCUT2D eigenvalue weighted by Crippen LogP contribution is 2.26. The number of anilines is 2. The first-order valence-electron chi connectivity index (χ1n) is 12.4. The third-order valence-electron chi connectivity index (χ3n) is 6.42. The molecule has 3 N–H and O–H groups in total. The fourth-order valence-corrected chi connectivity index (χ4v) is 4.84. The van der Waals surface area contributed by atoms with Gasteiger partial charge in [0.15, 0.2) is 5.11 Å². The molecule has 2 aromatic carbocycles. The third-order valence-corrected chi connectivity index (χ3v) is 6.69. The maximum Gasteiger partial charge on any atom is 0.225 e. The van der Waals surface area contributed by atoms with E-state index in [4.69, 9.17) is 22.2 Å². The molecule has 0 aliphatic heterocycles. The number of aromatic nitrogens is 2. The van der Waals surface area contributed by atoms with Gasteiger partial charge in [-0.1, -0.05) is 42.5 Å². The van der Waals surface area contributed by atoms with Crippen molar-refractivity contribution in [2.45, 2.75) is 57.0 Å². The van der Waals surface area contributed by atoms with Gasteiger partial charge in [0.05, 0.1) is 5.52 Å².